The van der Waals surface area contributed by atoms with Crippen molar-refractivity contribution in [1.29, 1.82) is 0 Å². The predicted molar refractivity (Wildman–Crippen MR) is 191 cm³/mol. The zero-order valence-electron chi connectivity index (χ0n) is 29.8. The molecule has 55 heavy (non-hydrogen) atoms. The number of aromatic nitrogens is 3. The maximum atomic E-state index is 17.4. The number of benzene rings is 2. The van der Waals surface area contributed by atoms with Gasteiger partial charge in [-0.05, 0) is 75.0 Å². The smallest absolute Gasteiger partial charge is 0.471 e. The molecule has 3 aliphatic heterocycles. The second-order valence-electron chi connectivity index (χ2n) is 15.9. The van der Waals surface area contributed by atoms with Crippen molar-refractivity contribution in [2.24, 2.45) is 5.41 Å². The number of fused-ring (bicyclic) bond motifs is 4. The van der Waals surface area contributed by atoms with Gasteiger partial charge in [0, 0.05) is 55.0 Å². The van der Waals surface area contributed by atoms with E-state index in [1.54, 1.807) is 4.90 Å². The van der Waals surface area contributed by atoms with Crippen LogP contribution < -0.4 is 9.64 Å². The van der Waals surface area contributed by atoms with Crippen LogP contribution in [0.4, 0.5) is 32.2 Å². The van der Waals surface area contributed by atoms with E-state index in [0.717, 1.165) is 30.6 Å². The molecule has 4 aromatic rings. The number of phenols is 1. The Hall–Kier alpha value is -4.84. The lowest BCUT2D eigenvalue weighted by Gasteiger charge is -2.42. The highest BCUT2D eigenvalue weighted by molar-refractivity contribution is 6.03. The normalized spacial score (nSPS) is 22.7. The number of piperidine rings is 1. The molecule has 0 radical (unpaired) electrons. The van der Waals surface area contributed by atoms with E-state index in [1.165, 1.54) is 24.3 Å². The molecular formula is C40H38F6N6O3. The van der Waals surface area contributed by atoms with Crippen LogP contribution in [0, 0.1) is 29.4 Å². The molecule has 1 amide bonds. The zero-order chi connectivity index (χ0) is 38.4. The minimum absolute atomic E-state index is 0.0216. The average Bonchev–Trinajstić information content (AvgIpc) is 4.10. The molecular weight excluding hydrogens is 726 g/mol. The molecule has 2 bridgehead atoms. The molecule has 2 aromatic heterocycles. The van der Waals surface area contributed by atoms with Crippen LogP contribution in [0.3, 0.4) is 0 Å². The van der Waals surface area contributed by atoms with Gasteiger partial charge >= 0.3 is 18.1 Å². The van der Waals surface area contributed by atoms with E-state index in [4.69, 9.17) is 21.1 Å². The maximum absolute atomic E-state index is 17.4. The van der Waals surface area contributed by atoms with E-state index in [0.29, 0.717) is 56.4 Å². The van der Waals surface area contributed by atoms with E-state index < -0.39 is 42.0 Å². The number of aromatic hydroxyl groups is 1. The Labute approximate surface area is 312 Å². The Balaban J connectivity index is 1.17. The molecule has 5 heterocycles. The number of amides is 1. The minimum Gasteiger partial charge on any atom is -0.508 e. The summed E-state index contributed by atoms with van der Waals surface area (Å²) in [5.41, 5.74) is -0.165. The Morgan fingerprint density at radius 3 is 2.33 bits per heavy atom. The quantitative estimate of drug-likeness (QED) is 0.151. The van der Waals surface area contributed by atoms with Gasteiger partial charge in [0.2, 0.25) is 0 Å². The summed E-state index contributed by atoms with van der Waals surface area (Å²) in [5, 5.41) is 11.6. The monoisotopic (exact) mass is 764 g/mol. The molecule has 9 nitrogen and oxygen atoms in total. The number of carbonyl (C=O) groups excluding carboxylic acids is 1. The Kier molecular flexibility index (Phi) is 8.56. The molecule has 15 heteroatoms. The fraction of sp³-hybridized carbons (Fsp3) is 0.500. The number of terminal acetylenes is 1. The molecule has 288 valence electrons. The number of ether oxygens (including phenoxy) is 1. The van der Waals surface area contributed by atoms with Crippen molar-refractivity contribution in [3.63, 3.8) is 0 Å². The third-order valence-corrected chi connectivity index (χ3v) is 12.0. The number of likely N-dealkylation sites (tertiary alicyclic amines) is 1. The lowest BCUT2D eigenvalue weighted by molar-refractivity contribution is -0.188. The van der Waals surface area contributed by atoms with Gasteiger partial charge < -0.3 is 24.5 Å². The first-order valence-electron chi connectivity index (χ1n) is 18.8. The topological polar surface area (TPSA) is 94.9 Å². The minimum atomic E-state index is -5.02. The van der Waals surface area contributed by atoms with E-state index in [2.05, 4.69) is 15.8 Å². The Bertz CT molecular complexity index is 2250. The first-order valence-corrected chi connectivity index (χ1v) is 18.8. The molecule has 2 atom stereocenters. The summed E-state index contributed by atoms with van der Waals surface area (Å²) >= 11 is 0. The molecule has 3 saturated heterocycles. The molecule has 0 spiro atoms. The van der Waals surface area contributed by atoms with Gasteiger partial charge in [-0.3, -0.25) is 4.79 Å². The number of phenolic OH excluding ortho intramolecular Hbond substituents is 1. The highest BCUT2D eigenvalue weighted by Crippen LogP contribution is 2.50. The van der Waals surface area contributed by atoms with Gasteiger partial charge in [0.05, 0.1) is 35.3 Å². The zero-order valence-corrected chi connectivity index (χ0v) is 29.8. The van der Waals surface area contributed by atoms with Crippen LogP contribution in [0.2, 0.25) is 0 Å². The molecule has 2 aromatic carbocycles. The number of hydrogen-bond donors (Lipinski definition) is 1. The number of hydrogen-bond acceptors (Lipinski definition) is 8. The lowest BCUT2D eigenvalue weighted by Crippen LogP contribution is -2.59. The summed E-state index contributed by atoms with van der Waals surface area (Å²) in [5.74, 6) is -1.21. The standard InChI is InChI=1S/C40H38F6N6O3/c1-2-27-29(42)8-5-22-15-26(53)16-28(30(22)27)34-32(43)35-31(33(47-34)21-3-4-21)36(51-17-24-6-7-25(18-51)52(24)37(54)40(44,45)46)49-38(48-35)55-20-39(11-12-39)19-50-13-9-23(41)10-14-50/h1,5,8,15-16,21,23-25,53H,3-4,6-7,9-14,17-20H2. The van der Waals surface area contributed by atoms with Crippen molar-refractivity contribution in [3.8, 4) is 35.4 Å². The van der Waals surface area contributed by atoms with Gasteiger partial charge in [-0.25, -0.2) is 18.2 Å². The van der Waals surface area contributed by atoms with Gasteiger partial charge in [0.15, 0.2) is 5.82 Å². The van der Waals surface area contributed by atoms with Crippen LogP contribution in [0.25, 0.3) is 32.9 Å². The number of carbonyl (C=O) groups is 1. The number of halogens is 6. The SMILES string of the molecule is C#Cc1c(F)ccc2cc(O)cc(-c3nc(C4CC4)c4c(N5CC6CCC(C5)N6C(=O)C(F)(F)F)nc(OCC5(CN6CCC(F)CC6)CC5)nc4c3F)c12. The van der Waals surface area contributed by atoms with Crippen LogP contribution in [0.15, 0.2) is 24.3 Å². The number of rotatable bonds is 8. The summed E-state index contributed by atoms with van der Waals surface area (Å²) in [7, 11) is 0. The van der Waals surface area contributed by atoms with Crippen molar-refractivity contribution < 1.29 is 41.0 Å². The second kappa shape index (κ2) is 13.1. The molecule has 1 N–H and O–H groups in total. The fourth-order valence-electron chi connectivity index (χ4n) is 8.87. The molecule has 2 saturated carbocycles. The van der Waals surface area contributed by atoms with Gasteiger partial charge in [-0.15, -0.1) is 6.42 Å². The van der Waals surface area contributed by atoms with E-state index in [9.17, 15) is 27.5 Å². The maximum Gasteiger partial charge on any atom is 0.471 e. The van der Waals surface area contributed by atoms with Gasteiger partial charge in [0.1, 0.15) is 34.8 Å². The fourth-order valence-corrected chi connectivity index (χ4v) is 8.87. The van der Waals surface area contributed by atoms with E-state index >= 15 is 8.78 Å². The van der Waals surface area contributed by atoms with Gasteiger partial charge in [-0.2, -0.15) is 23.1 Å². The summed E-state index contributed by atoms with van der Waals surface area (Å²) in [6.07, 6.45) is 4.77. The second-order valence-corrected chi connectivity index (χ2v) is 15.9. The number of anilines is 1. The largest absolute Gasteiger partial charge is 0.508 e. The van der Waals surface area contributed by atoms with Gasteiger partial charge in [0.25, 0.3) is 0 Å². The molecule has 9 rings (SSSR count). The van der Waals surface area contributed by atoms with Crippen molar-refractivity contribution in [1.82, 2.24) is 24.8 Å². The summed E-state index contributed by atoms with van der Waals surface area (Å²) in [6.45, 7) is 2.24. The third-order valence-electron chi connectivity index (χ3n) is 12.0. The number of nitrogens with zero attached hydrogens (tertiary/aromatic N) is 6. The number of piperazine rings is 1. The number of alkyl halides is 4. The van der Waals surface area contributed by atoms with Crippen molar-refractivity contribution in [2.75, 3.05) is 44.2 Å². The molecule has 5 aliphatic rings. The van der Waals surface area contributed by atoms with Crippen LogP contribution in [0.1, 0.15) is 68.5 Å². The third kappa shape index (κ3) is 6.45. The van der Waals surface area contributed by atoms with Crippen molar-refractivity contribution in [2.45, 2.75) is 81.7 Å². The Morgan fingerprint density at radius 2 is 1.69 bits per heavy atom. The van der Waals surface area contributed by atoms with Crippen molar-refractivity contribution >= 4 is 33.4 Å². The molecule has 2 unspecified atom stereocenters. The predicted octanol–water partition coefficient (Wildman–Crippen LogP) is 7.02. The Morgan fingerprint density at radius 1 is 0.982 bits per heavy atom. The van der Waals surface area contributed by atoms with Crippen LogP contribution in [-0.2, 0) is 4.79 Å². The lowest BCUT2D eigenvalue weighted by atomic mass is 9.95. The first kappa shape index (κ1) is 35.8. The van der Waals surface area contributed by atoms with Crippen LogP contribution in [-0.4, -0.2) is 99.5 Å². The summed E-state index contributed by atoms with van der Waals surface area (Å²) < 4.78 is 93.5. The van der Waals surface area contributed by atoms with E-state index in [-0.39, 0.29) is 81.7 Å². The van der Waals surface area contributed by atoms with Gasteiger partial charge in [-0.1, -0.05) is 12.0 Å². The summed E-state index contributed by atoms with van der Waals surface area (Å²) in [6, 6.07) is 3.67. The molecule has 5 fully saturated rings. The highest BCUT2D eigenvalue weighted by Gasteiger charge is 2.52. The molecule has 2 aliphatic carbocycles. The average molecular weight is 765 g/mol. The highest BCUT2D eigenvalue weighted by atomic mass is 19.4. The summed E-state index contributed by atoms with van der Waals surface area (Å²) in [4.78, 5) is 31.7. The van der Waals surface area contributed by atoms with Crippen LogP contribution in [0.5, 0.6) is 11.8 Å². The van der Waals surface area contributed by atoms with Crippen LogP contribution >= 0.6 is 0 Å². The number of pyridine rings is 1. The van der Waals surface area contributed by atoms with E-state index in [1.807, 2.05) is 0 Å². The first-order chi connectivity index (χ1) is 26.3. The van der Waals surface area contributed by atoms with Crippen molar-refractivity contribution in [3.05, 3.63) is 47.2 Å².